The molecule has 1 fully saturated rings. The monoisotopic (exact) mass is 270 g/mol. The zero-order valence-corrected chi connectivity index (χ0v) is 11.3. The normalized spacial score (nSPS) is 16.8. The molecule has 0 unspecified atom stereocenters. The lowest BCUT2D eigenvalue weighted by Gasteiger charge is -2.26. The van der Waals surface area contributed by atoms with Crippen LogP contribution in [0.5, 0.6) is 0 Å². The van der Waals surface area contributed by atoms with Gasteiger partial charge < -0.3 is 10.2 Å². The minimum atomic E-state index is -0.365. The van der Waals surface area contributed by atoms with E-state index in [1.165, 1.54) is 38.4 Å². The predicted octanol–water partition coefficient (Wildman–Crippen LogP) is 3.77. The van der Waals surface area contributed by atoms with Crippen molar-refractivity contribution in [2.24, 2.45) is 0 Å². The number of nitrogens with zero attached hydrogens (tertiary/aromatic N) is 1. The van der Waals surface area contributed by atoms with E-state index in [9.17, 15) is 4.39 Å². The molecule has 2 nitrogen and oxygen atoms in total. The van der Waals surface area contributed by atoms with E-state index < -0.39 is 0 Å². The molecule has 0 aromatic heterocycles. The molecule has 0 aliphatic carbocycles. The highest BCUT2D eigenvalue weighted by atomic mass is 35.5. The number of nitrogens with one attached hydrogen (secondary N) is 1. The van der Waals surface area contributed by atoms with E-state index in [1.54, 1.807) is 12.1 Å². The average molecular weight is 271 g/mol. The quantitative estimate of drug-likeness (QED) is 0.820. The van der Waals surface area contributed by atoms with Crippen LogP contribution in [0.1, 0.15) is 25.7 Å². The highest BCUT2D eigenvalue weighted by molar-refractivity contribution is 6.31. The first kappa shape index (κ1) is 13.6. The van der Waals surface area contributed by atoms with Gasteiger partial charge in [0.25, 0.3) is 0 Å². The summed E-state index contributed by atoms with van der Waals surface area (Å²) >= 11 is 5.73. The standard InChI is InChI=1S/C14H20ClFN2/c15-13-11-12(5-6-14(13)16)17-7-4-10-18-8-2-1-3-9-18/h5-6,11,17H,1-4,7-10H2. The third kappa shape index (κ3) is 4.14. The first-order valence-corrected chi connectivity index (χ1v) is 7.05. The van der Waals surface area contributed by atoms with Gasteiger partial charge in [0.2, 0.25) is 0 Å². The van der Waals surface area contributed by atoms with Gasteiger partial charge >= 0.3 is 0 Å². The summed E-state index contributed by atoms with van der Waals surface area (Å²) in [6, 6.07) is 4.76. The van der Waals surface area contributed by atoms with Crippen LogP contribution >= 0.6 is 11.6 Å². The number of benzene rings is 1. The Morgan fingerprint density at radius 1 is 1.22 bits per heavy atom. The molecule has 0 spiro atoms. The van der Waals surface area contributed by atoms with Crippen LogP contribution in [-0.2, 0) is 0 Å². The maximum Gasteiger partial charge on any atom is 0.141 e. The molecule has 1 heterocycles. The van der Waals surface area contributed by atoms with Crippen molar-refractivity contribution in [1.29, 1.82) is 0 Å². The molecule has 0 saturated carbocycles. The van der Waals surface area contributed by atoms with Crippen LogP contribution in [0.25, 0.3) is 0 Å². The Morgan fingerprint density at radius 3 is 2.72 bits per heavy atom. The summed E-state index contributed by atoms with van der Waals surface area (Å²) in [7, 11) is 0. The Bertz CT molecular complexity index is 378. The van der Waals surface area contributed by atoms with Gasteiger partial charge in [-0.05, 0) is 57.1 Å². The fraction of sp³-hybridized carbons (Fsp3) is 0.571. The fourth-order valence-electron chi connectivity index (χ4n) is 2.32. The van der Waals surface area contributed by atoms with Crippen molar-refractivity contribution in [3.8, 4) is 0 Å². The highest BCUT2D eigenvalue weighted by Crippen LogP contribution is 2.19. The van der Waals surface area contributed by atoms with Gasteiger partial charge in [-0.3, -0.25) is 0 Å². The number of halogens is 2. The van der Waals surface area contributed by atoms with E-state index in [-0.39, 0.29) is 10.8 Å². The molecule has 1 aliphatic rings. The van der Waals surface area contributed by atoms with Crippen molar-refractivity contribution in [3.63, 3.8) is 0 Å². The first-order chi connectivity index (χ1) is 8.75. The Hall–Kier alpha value is -0.800. The van der Waals surface area contributed by atoms with Crippen molar-refractivity contribution < 1.29 is 4.39 Å². The topological polar surface area (TPSA) is 15.3 Å². The summed E-state index contributed by atoms with van der Waals surface area (Å²) in [5.74, 6) is -0.365. The number of hydrogen-bond acceptors (Lipinski definition) is 2. The summed E-state index contributed by atoms with van der Waals surface area (Å²) in [6.07, 6.45) is 5.15. The van der Waals surface area contributed by atoms with Crippen molar-refractivity contribution >= 4 is 17.3 Å². The fourth-order valence-corrected chi connectivity index (χ4v) is 2.51. The third-order valence-corrected chi connectivity index (χ3v) is 3.64. The Balaban J connectivity index is 1.66. The van der Waals surface area contributed by atoms with E-state index >= 15 is 0 Å². The second-order valence-electron chi connectivity index (χ2n) is 4.81. The molecule has 1 saturated heterocycles. The Labute approximate surface area is 113 Å². The van der Waals surface area contributed by atoms with Crippen LogP contribution in [0.2, 0.25) is 5.02 Å². The molecule has 1 N–H and O–H groups in total. The maximum absolute atomic E-state index is 13.0. The molecule has 2 rings (SSSR count). The molecule has 0 bridgehead atoms. The van der Waals surface area contributed by atoms with E-state index in [4.69, 9.17) is 11.6 Å². The molecule has 100 valence electrons. The van der Waals surface area contributed by atoms with Crippen molar-refractivity contribution in [2.75, 3.05) is 31.5 Å². The van der Waals surface area contributed by atoms with Crippen LogP contribution in [0.15, 0.2) is 18.2 Å². The molecule has 4 heteroatoms. The minimum absolute atomic E-state index is 0.177. The number of anilines is 1. The molecule has 0 amide bonds. The molecule has 0 radical (unpaired) electrons. The second-order valence-corrected chi connectivity index (χ2v) is 5.22. The number of piperidine rings is 1. The molecular formula is C14H20ClFN2. The summed E-state index contributed by atoms with van der Waals surface area (Å²) in [5, 5.41) is 3.45. The van der Waals surface area contributed by atoms with Crippen LogP contribution in [-0.4, -0.2) is 31.1 Å². The van der Waals surface area contributed by atoms with Gasteiger partial charge in [0, 0.05) is 12.2 Å². The van der Waals surface area contributed by atoms with Crippen LogP contribution < -0.4 is 5.32 Å². The van der Waals surface area contributed by atoms with Crippen molar-refractivity contribution in [3.05, 3.63) is 29.0 Å². The molecule has 18 heavy (non-hydrogen) atoms. The van der Waals surface area contributed by atoms with Gasteiger partial charge in [0.05, 0.1) is 5.02 Å². The SMILES string of the molecule is Fc1ccc(NCCCN2CCCCC2)cc1Cl. The first-order valence-electron chi connectivity index (χ1n) is 6.67. The number of likely N-dealkylation sites (tertiary alicyclic amines) is 1. The number of hydrogen-bond donors (Lipinski definition) is 1. The largest absolute Gasteiger partial charge is 0.385 e. The molecule has 0 atom stereocenters. The zero-order valence-electron chi connectivity index (χ0n) is 10.6. The number of rotatable bonds is 5. The third-order valence-electron chi connectivity index (χ3n) is 3.35. The summed E-state index contributed by atoms with van der Waals surface area (Å²) in [4.78, 5) is 2.52. The van der Waals surface area contributed by atoms with Crippen molar-refractivity contribution in [2.45, 2.75) is 25.7 Å². The lowest BCUT2D eigenvalue weighted by atomic mass is 10.1. The van der Waals surface area contributed by atoms with Gasteiger partial charge in [0.15, 0.2) is 0 Å². The predicted molar refractivity (Wildman–Crippen MR) is 74.8 cm³/mol. The molecule has 1 aromatic carbocycles. The van der Waals surface area contributed by atoms with E-state index in [0.717, 1.165) is 25.2 Å². The average Bonchev–Trinajstić information content (AvgIpc) is 2.40. The van der Waals surface area contributed by atoms with Gasteiger partial charge in [-0.15, -0.1) is 0 Å². The lowest BCUT2D eigenvalue weighted by molar-refractivity contribution is 0.228. The molecule has 1 aromatic rings. The van der Waals surface area contributed by atoms with Crippen LogP contribution in [0.4, 0.5) is 10.1 Å². The Kier molecular flexibility index (Phi) is 5.26. The van der Waals surface area contributed by atoms with Crippen LogP contribution in [0.3, 0.4) is 0 Å². The maximum atomic E-state index is 13.0. The summed E-state index contributed by atoms with van der Waals surface area (Å²) < 4.78 is 13.0. The zero-order chi connectivity index (χ0) is 12.8. The smallest absolute Gasteiger partial charge is 0.141 e. The van der Waals surface area contributed by atoms with Gasteiger partial charge in [-0.25, -0.2) is 4.39 Å². The van der Waals surface area contributed by atoms with Crippen molar-refractivity contribution in [1.82, 2.24) is 4.90 Å². The molecular weight excluding hydrogens is 251 g/mol. The molecule has 1 aliphatic heterocycles. The van der Waals surface area contributed by atoms with Gasteiger partial charge in [-0.2, -0.15) is 0 Å². The summed E-state index contributed by atoms with van der Waals surface area (Å²) in [6.45, 7) is 4.52. The Morgan fingerprint density at radius 2 is 2.00 bits per heavy atom. The van der Waals surface area contributed by atoms with E-state index in [1.807, 2.05) is 0 Å². The van der Waals surface area contributed by atoms with Gasteiger partial charge in [-0.1, -0.05) is 18.0 Å². The second kappa shape index (κ2) is 6.95. The van der Waals surface area contributed by atoms with Gasteiger partial charge in [0.1, 0.15) is 5.82 Å². The van der Waals surface area contributed by atoms with Crippen LogP contribution in [0, 0.1) is 5.82 Å². The minimum Gasteiger partial charge on any atom is -0.385 e. The lowest BCUT2D eigenvalue weighted by Crippen LogP contribution is -2.31. The highest BCUT2D eigenvalue weighted by Gasteiger charge is 2.08. The summed E-state index contributed by atoms with van der Waals surface area (Å²) in [5.41, 5.74) is 0.889. The van der Waals surface area contributed by atoms with E-state index in [2.05, 4.69) is 10.2 Å². The van der Waals surface area contributed by atoms with E-state index in [0.29, 0.717) is 0 Å².